The van der Waals surface area contributed by atoms with Gasteiger partial charge in [-0.15, -0.1) is 0 Å². The van der Waals surface area contributed by atoms with Crippen molar-refractivity contribution in [2.24, 2.45) is 0 Å². The van der Waals surface area contributed by atoms with Gasteiger partial charge < -0.3 is 5.32 Å². The lowest BCUT2D eigenvalue weighted by Gasteiger charge is -2.15. The molecule has 2 aromatic carbocycles. The number of imide groups is 1. The van der Waals surface area contributed by atoms with Crippen LogP contribution in [0.3, 0.4) is 0 Å². The SMILES string of the molecule is O=C1C(Cl)=C(Nc2ccc(I)cc2)C(=O)N1c1ccccc1F. The van der Waals surface area contributed by atoms with Crippen molar-refractivity contribution in [2.45, 2.75) is 0 Å². The number of benzene rings is 2. The monoisotopic (exact) mass is 442 g/mol. The van der Waals surface area contributed by atoms with E-state index in [1.807, 2.05) is 12.1 Å². The first-order chi connectivity index (χ1) is 11.0. The molecule has 7 heteroatoms. The van der Waals surface area contributed by atoms with Gasteiger partial charge >= 0.3 is 0 Å². The maximum absolute atomic E-state index is 13.9. The zero-order valence-electron chi connectivity index (χ0n) is 11.5. The molecule has 3 rings (SSSR count). The molecule has 0 fully saturated rings. The Morgan fingerprint density at radius 3 is 2.30 bits per heavy atom. The number of nitrogens with zero attached hydrogens (tertiary/aromatic N) is 1. The van der Waals surface area contributed by atoms with Crippen molar-refractivity contribution in [2.75, 3.05) is 10.2 Å². The van der Waals surface area contributed by atoms with Crippen molar-refractivity contribution in [3.8, 4) is 0 Å². The van der Waals surface area contributed by atoms with E-state index in [0.717, 1.165) is 8.47 Å². The Labute approximate surface area is 150 Å². The average Bonchev–Trinajstić information content (AvgIpc) is 2.74. The van der Waals surface area contributed by atoms with Crippen LogP contribution in [0.1, 0.15) is 0 Å². The molecular formula is C16H9ClFIN2O2. The Kier molecular flexibility index (Phi) is 4.36. The second-order valence-corrected chi connectivity index (χ2v) is 6.34. The number of hydrogen-bond acceptors (Lipinski definition) is 3. The molecule has 2 amide bonds. The van der Waals surface area contributed by atoms with E-state index in [9.17, 15) is 14.0 Å². The fourth-order valence-electron chi connectivity index (χ4n) is 2.14. The van der Waals surface area contributed by atoms with Crippen LogP contribution in [0.15, 0.2) is 59.3 Å². The van der Waals surface area contributed by atoms with Gasteiger partial charge in [0, 0.05) is 9.26 Å². The Bertz CT molecular complexity index is 836. The fourth-order valence-corrected chi connectivity index (χ4v) is 2.71. The first kappa shape index (κ1) is 15.9. The summed E-state index contributed by atoms with van der Waals surface area (Å²) in [7, 11) is 0. The first-order valence-electron chi connectivity index (χ1n) is 6.54. The van der Waals surface area contributed by atoms with E-state index in [1.165, 1.54) is 24.3 Å². The molecule has 0 aromatic heterocycles. The molecule has 1 N–H and O–H groups in total. The summed E-state index contributed by atoms with van der Waals surface area (Å²) in [5, 5.41) is 2.56. The van der Waals surface area contributed by atoms with E-state index in [4.69, 9.17) is 11.6 Å². The summed E-state index contributed by atoms with van der Waals surface area (Å²) in [5.74, 6) is -2.12. The summed E-state index contributed by atoms with van der Waals surface area (Å²) in [6.45, 7) is 0. The third-order valence-electron chi connectivity index (χ3n) is 3.23. The lowest BCUT2D eigenvalue weighted by molar-refractivity contribution is -0.120. The van der Waals surface area contributed by atoms with E-state index in [-0.39, 0.29) is 16.4 Å². The van der Waals surface area contributed by atoms with Crippen molar-refractivity contribution in [1.29, 1.82) is 0 Å². The molecule has 2 aromatic rings. The predicted molar refractivity (Wildman–Crippen MR) is 94.6 cm³/mol. The molecule has 0 unspecified atom stereocenters. The molecule has 0 bridgehead atoms. The second kappa shape index (κ2) is 6.29. The summed E-state index contributed by atoms with van der Waals surface area (Å²) in [5.41, 5.74) is 0.413. The van der Waals surface area contributed by atoms with Gasteiger partial charge in [-0.25, -0.2) is 9.29 Å². The zero-order valence-corrected chi connectivity index (χ0v) is 14.4. The van der Waals surface area contributed by atoms with Crippen LogP contribution >= 0.6 is 34.2 Å². The van der Waals surface area contributed by atoms with Gasteiger partial charge in [-0.2, -0.15) is 0 Å². The largest absolute Gasteiger partial charge is 0.350 e. The minimum atomic E-state index is -0.755. The number of anilines is 2. The molecule has 1 aliphatic rings. The standard InChI is InChI=1S/C16H9ClFIN2O2/c17-13-14(20-10-7-5-9(19)6-8-10)16(23)21(15(13)22)12-4-2-1-3-11(12)18/h1-8,20H. The van der Waals surface area contributed by atoms with E-state index >= 15 is 0 Å². The molecule has 4 nitrogen and oxygen atoms in total. The molecule has 0 saturated carbocycles. The molecule has 0 saturated heterocycles. The zero-order chi connectivity index (χ0) is 16.6. The smallest absolute Gasteiger partial charge is 0.283 e. The van der Waals surface area contributed by atoms with E-state index in [1.54, 1.807) is 12.1 Å². The van der Waals surface area contributed by atoms with Gasteiger partial charge in [0.15, 0.2) is 0 Å². The van der Waals surface area contributed by atoms with Crippen molar-refractivity contribution in [3.63, 3.8) is 0 Å². The van der Waals surface area contributed by atoms with E-state index in [2.05, 4.69) is 27.9 Å². The maximum atomic E-state index is 13.9. The van der Waals surface area contributed by atoms with E-state index in [0.29, 0.717) is 5.69 Å². The van der Waals surface area contributed by atoms with Gasteiger partial charge in [-0.3, -0.25) is 9.59 Å². The first-order valence-corrected chi connectivity index (χ1v) is 8.00. The summed E-state index contributed by atoms with van der Waals surface area (Å²) >= 11 is 8.13. The van der Waals surface area contributed by atoms with Gasteiger partial charge in [0.05, 0.1) is 5.69 Å². The molecular weight excluding hydrogens is 434 g/mol. The number of halogens is 3. The lowest BCUT2D eigenvalue weighted by Crippen LogP contribution is -2.33. The topological polar surface area (TPSA) is 49.4 Å². The van der Waals surface area contributed by atoms with Crippen molar-refractivity contribution < 1.29 is 14.0 Å². The number of carbonyl (C=O) groups excluding carboxylic acids is 2. The van der Waals surface area contributed by atoms with Crippen LogP contribution in [0, 0.1) is 9.39 Å². The number of para-hydroxylation sites is 1. The summed E-state index contributed by atoms with van der Waals surface area (Å²) < 4.78 is 14.9. The number of rotatable bonds is 3. The van der Waals surface area contributed by atoms with Crippen molar-refractivity contribution >= 4 is 57.4 Å². The highest BCUT2D eigenvalue weighted by Gasteiger charge is 2.39. The Hall–Kier alpha value is -1.93. The Balaban J connectivity index is 1.93. The van der Waals surface area contributed by atoms with Crippen LogP contribution in [0.25, 0.3) is 0 Å². The Morgan fingerprint density at radius 2 is 1.65 bits per heavy atom. The molecule has 0 aliphatic carbocycles. The van der Waals surface area contributed by atoms with Gasteiger partial charge in [-0.1, -0.05) is 23.7 Å². The van der Waals surface area contributed by atoms with Crippen LogP contribution < -0.4 is 10.2 Å². The maximum Gasteiger partial charge on any atom is 0.283 e. The molecule has 1 aliphatic heterocycles. The molecule has 116 valence electrons. The van der Waals surface area contributed by atoms with Crippen LogP contribution in [-0.2, 0) is 9.59 Å². The number of nitrogens with one attached hydrogen (secondary N) is 1. The normalized spacial score (nSPS) is 14.7. The second-order valence-electron chi connectivity index (χ2n) is 4.72. The van der Waals surface area contributed by atoms with Gasteiger partial charge in [-0.05, 0) is 59.0 Å². The molecule has 0 atom stereocenters. The molecule has 0 spiro atoms. The van der Waals surface area contributed by atoms with Gasteiger partial charge in [0.25, 0.3) is 11.8 Å². The summed E-state index contributed by atoms with van der Waals surface area (Å²) in [4.78, 5) is 25.4. The van der Waals surface area contributed by atoms with Gasteiger partial charge in [0.1, 0.15) is 16.5 Å². The van der Waals surface area contributed by atoms with Gasteiger partial charge in [0.2, 0.25) is 0 Å². The minimum absolute atomic E-state index is 0.0684. The van der Waals surface area contributed by atoms with Crippen LogP contribution in [0.2, 0.25) is 0 Å². The minimum Gasteiger partial charge on any atom is -0.350 e. The number of amides is 2. The Morgan fingerprint density at radius 1 is 1.00 bits per heavy atom. The van der Waals surface area contributed by atoms with Crippen LogP contribution in [0.5, 0.6) is 0 Å². The highest BCUT2D eigenvalue weighted by Crippen LogP contribution is 2.31. The highest BCUT2D eigenvalue weighted by atomic mass is 127. The molecule has 23 heavy (non-hydrogen) atoms. The summed E-state index contributed by atoms with van der Waals surface area (Å²) in [6, 6.07) is 12.7. The summed E-state index contributed by atoms with van der Waals surface area (Å²) in [6.07, 6.45) is 0. The third-order valence-corrected chi connectivity index (χ3v) is 4.30. The highest BCUT2D eigenvalue weighted by molar-refractivity contribution is 14.1. The fraction of sp³-hybridized carbons (Fsp3) is 0. The predicted octanol–water partition coefficient (Wildman–Crippen LogP) is 3.87. The molecule has 1 heterocycles. The number of carbonyl (C=O) groups is 2. The van der Waals surface area contributed by atoms with E-state index < -0.39 is 17.6 Å². The number of hydrogen-bond donors (Lipinski definition) is 1. The van der Waals surface area contributed by atoms with Crippen LogP contribution in [0.4, 0.5) is 15.8 Å². The molecule has 0 radical (unpaired) electrons. The van der Waals surface area contributed by atoms with Crippen molar-refractivity contribution in [3.05, 3.63) is 68.6 Å². The van der Waals surface area contributed by atoms with Crippen LogP contribution in [-0.4, -0.2) is 11.8 Å². The quantitative estimate of drug-likeness (QED) is 0.580. The third kappa shape index (κ3) is 2.96. The average molecular weight is 443 g/mol. The van der Waals surface area contributed by atoms with Crippen molar-refractivity contribution in [1.82, 2.24) is 0 Å². The lowest BCUT2D eigenvalue weighted by atomic mass is 10.2.